The fraction of sp³-hybridized carbons (Fsp3) is 0.154. The average molecular weight is 277 g/mol. The van der Waals surface area contributed by atoms with E-state index < -0.39 is 0 Å². The first-order chi connectivity index (χ1) is 7.74. The van der Waals surface area contributed by atoms with Gasteiger partial charge in [-0.05, 0) is 31.2 Å². The van der Waals surface area contributed by atoms with Crippen molar-refractivity contribution < 1.29 is 0 Å². The SMILES string of the molecule is Cc1ccc(NCc2cc(Br)ccn2)cc1. The van der Waals surface area contributed by atoms with Crippen LogP contribution < -0.4 is 5.32 Å². The molecule has 0 radical (unpaired) electrons. The van der Waals surface area contributed by atoms with Crippen LogP contribution in [0.4, 0.5) is 5.69 Å². The maximum absolute atomic E-state index is 4.28. The average Bonchev–Trinajstić information content (AvgIpc) is 2.28. The summed E-state index contributed by atoms with van der Waals surface area (Å²) in [4.78, 5) is 4.28. The molecule has 0 bridgehead atoms. The van der Waals surface area contributed by atoms with Crippen LogP contribution in [0.1, 0.15) is 11.3 Å². The minimum absolute atomic E-state index is 0.739. The zero-order valence-electron chi connectivity index (χ0n) is 9.07. The van der Waals surface area contributed by atoms with Crippen LogP contribution in [0.5, 0.6) is 0 Å². The van der Waals surface area contributed by atoms with Crippen molar-refractivity contribution in [2.24, 2.45) is 0 Å². The van der Waals surface area contributed by atoms with Gasteiger partial charge in [-0.2, -0.15) is 0 Å². The van der Waals surface area contributed by atoms with Gasteiger partial charge in [0.15, 0.2) is 0 Å². The van der Waals surface area contributed by atoms with E-state index in [0.717, 1.165) is 22.4 Å². The second kappa shape index (κ2) is 5.12. The van der Waals surface area contributed by atoms with Gasteiger partial charge in [-0.3, -0.25) is 4.98 Å². The summed E-state index contributed by atoms with van der Waals surface area (Å²) in [7, 11) is 0. The van der Waals surface area contributed by atoms with Crippen LogP contribution in [0.3, 0.4) is 0 Å². The van der Waals surface area contributed by atoms with E-state index in [-0.39, 0.29) is 0 Å². The molecule has 82 valence electrons. The third-order valence-electron chi connectivity index (χ3n) is 2.30. The Kier molecular flexibility index (Phi) is 3.57. The molecule has 0 aliphatic rings. The molecular formula is C13H13BrN2. The molecule has 2 rings (SSSR count). The number of hydrogen-bond acceptors (Lipinski definition) is 2. The molecule has 1 N–H and O–H groups in total. The normalized spacial score (nSPS) is 10.1. The molecule has 0 saturated heterocycles. The lowest BCUT2D eigenvalue weighted by atomic mass is 10.2. The van der Waals surface area contributed by atoms with Crippen LogP contribution in [0.2, 0.25) is 0 Å². The number of aryl methyl sites for hydroxylation is 1. The smallest absolute Gasteiger partial charge is 0.0605 e. The van der Waals surface area contributed by atoms with E-state index in [4.69, 9.17) is 0 Å². The highest BCUT2D eigenvalue weighted by Crippen LogP contribution is 2.12. The first kappa shape index (κ1) is 11.1. The molecule has 3 heteroatoms. The van der Waals surface area contributed by atoms with Crippen LogP contribution in [0.25, 0.3) is 0 Å². The van der Waals surface area contributed by atoms with Gasteiger partial charge in [0.25, 0.3) is 0 Å². The molecule has 2 nitrogen and oxygen atoms in total. The predicted octanol–water partition coefficient (Wildman–Crippen LogP) is 3.76. The van der Waals surface area contributed by atoms with Crippen LogP contribution in [-0.4, -0.2) is 4.98 Å². The number of hydrogen-bond donors (Lipinski definition) is 1. The molecule has 16 heavy (non-hydrogen) atoms. The zero-order chi connectivity index (χ0) is 11.4. The number of aromatic nitrogens is 1. The number of pyridine rings is 1. The van der Waals surface area contributed by atoms with Gasteiger partial charge >= 0.3 is 0 Å². The minimum atomic E-state index is 0.739. The number of anilines is 1. The number of halogens is 1. The van der Waals surface area contributed by atoms with E-state index in [1.54, 1.807) is 6.20 Å². The van der Waals surface area contributed by atoms with E-state index >= 15 is 0 Å². The van der Waals surface area contributed by atoms with Gasteiger partial charge < -0.3 is 5.32 Å². The first-order valence-corrected chi connectivity index (χ1v) is 5.94. The summed E-state index contributed by atoms with van der Waals surface area (Å²) in [6.45, 7) is 2.82. The topological polar surface area (TPSA) is 24.9 Å². The molecular weight excluding hydrogens is 264 g/mol. The minimum Gasteiger partial charge on any atom is -0.379 e. The summed E-state index contributed by atoms with van der Waals surface area (Å²) in [6, 6.07) is 12.3. The summed E-state index contributed by atoms with van der Waals surface area (Å²) in [5.41, 5.74) is 3.41. The summed E-state index contributed by atoms with van der Waals surface area (Å²) >= 11 is 3.43. The van der Waals surface area contributed by atoms with E-state index in [2.05, 4.69) is 57.4 Å². The van der Waals surface area contributed by atoms with Gasteiger partial charge in [-0.15, -0.1) is 0 Å². The van der Waals surface area contributed by atoms with Gasteiger partial charge in [0.1, 0.15) is 0 Å². The molecule has 0 spiro atoms. The molecule has 0 aliphatic heterocycles. The summed E-state index contributed by atoms with van der Waals surface area (Å²) in [5.74, 6) is 0. The number of nitrogens with one attached hydrogen (secondary N) is 1. The van der Waals surface area contributed by atoms with Gasteiger partial charge in [-0.25, -0.2) is 0 Å². The van der Waals surface area contributed by atoms with Crippen molar-refractivity contribution in [2.45, 2.75) is 13.5 Å². The molecule has 1 heterocycles. The lowest BCUT2D eigenvalue weighted by Gasteiger charge is -2.06. The lowest BCUT2D eigenvalue weighted by molar-refractivity contribution is 1.04. The van der Waals surface area contributed by atoms with Gasteiger partial charge in [-0.1, -0.05) is 33.6 Å². The Morgan fingerprint density at radius 3 is 2.62 bits per heavy atom. The summed E-state index contributed by atoms with van der Waals surface area (Å²) in [6.07, 6.45) is 1.80. The van der Waals surface area contributed by atoms with Crippen molar-refractivity contribution in [3.63, 3.8) is 0 Å². The molecule has 0 fully saturated rings. The summed E-state index contributed by atoms with van der Waals surface area (Å²) < 4.78 is 1.06. The fourth-order valence-electron chi connectivity index (χ4n) is 1.41. The maximum Gasteiger partial charge on any atom is 0.0605 e. The third-order valence-corrected chi connectivity index (χ3v) is 2.80. The highest BCUT2D eigenvalue weighted by Gasteiger charge is 1.96. The molecule has 1 aromatic heterocycles. The molecule has 0 saturated carbocycles. The lowest BCUT2D eigenvalue weighted by Crippen LogP contribution is -2.01. The zero-order valence-corrected chi connectivity index (χ0v) is 10.7. The number of rotatable bonds is 3. The van der Waals surface area contributed by atoms with Gasteiger partial charge in [0, 0.05) is 16.4 Å². The Balaban J connectivity index is 1.99. The van der Waals surface area contributed by atoms with Crippen molar-refractivity contribution in [3.8, 4) is 0 Å². The Morgan fingerprint density at radius 2 is 1.94 bits per heavy atom. The molecule has 2 aromatic rings. The van der Waals surface area contributed by atoms with Crippen molar-refractivity contribution >= 4 is 21.6 Å². The van der Waals surface area contributed by atoms with Crippen LogP contribution in [0, 0.1) is 6.92 Å². The monoisotopic (exact) mass is 276 g/mol. The second-order valence-corrected chi connectivity index (χ2v) is 4.60. The third kappa shape index (κ3) is 3.07. The maximum atomic E-state index is 4.28. The van der Waals surface area contributed by atoms with E-state index in [9.17, 15) is 0 Å². The van der Waals surface area contributed by atoms with Crippen LogP contribution >= 0.6 is 15.9 Å². The highest BCUT2D eigenvalue weighted by atomic mass is 79.9. The van der Waals surface area contributed by atoms with Crippen molar-refractivity contribution in [2.75, 3.05) is 5.32 Å². The van der Waals surface area contributed by atoms with E-state index in [1.165, 1.54) is 5.56 Å². The van der Waals surface area contributed by atoms with Gasteiger partial charge in [0.05, 0.1) is 12.2 Å². The molecule has 1 aromatic carbocycles. The largest absolute Gasteiger partial charge is 0.379 e. The van der Waals surface area contributed by atoms with Gasteiger partial charge in [0.2, 0.25) is 0 Å². The fourth-order valence-corrected chi connectivity index (χ4v) is 1.79. The number of benzene rings is 1. The quantitative estimate of drug-likeness (QED) is 0.923. The highest BCUT2D eigenvalue weighted by molar-refractivity contribution is 9.10. The Morgan fingerprint density at radius 1 is 1.19 bits per heavy atom. The van der Waals surface area contributed by atoms with Crippen LogP contribution in [0.15, 0.2) is 47.1 Å². The predicted molar refractivity (Wildman–Crippen MR) is 70.4 cm³/mol. The molecule has 0 amide bonds. The Bertz CT molecular complexity index is 466. The Labute approximate surface area is 104 Å². The number of nitrogens with zero attached hydrogens (tertiary/aromatic N) is 1. The van der Waals surface area contributed by atoms with Crippen molar-refractivity contribution in [1.82, 2.24) is 4.98 Å². The standard InChI is InChI=1S/C13H13BrN2/c1-10-2-4-12(5-3-10)16-9-13-8-11(14)6-7-15-13/h2-8,16H,9H2,1H3. The van der Waals surface area contributed by atoms with E-state index in [0.29, 0.717) is 0 Å². The first-order valence-electron chi connectivity index (χ1n) is 5.15. The Hall–Kier alpha value is -1.35. The van der Waals surface area contributed by atoms with Crippen molar-refractivity contribution in [3.05, 3.63) is 58.3 Å². The van der Waals surface area contributed by atoms with Crippen molar-refractivity contribution in [1.29, 1.82) is 0 Å². The second-order valence-electron chi connectivity index (χ2n) is 3.68. The summed E-state index contributed by atoms with van der Waals surface area (Å²) in [5, 5.41) is 3.33. The van der Waals surface area contributed by atoms with E-state index in [1.807, 2.05) is 12.1 Å². The molecule has 0 atom stereocenters. The molecule has 0 unspecified atom stereocenters. The van der Waals surface area contributed by atoms with Crippen LogP contribution in [-0.2, 0) is 6.54 Å². The molecule has 0 aliphatic carbocycles.